The minimum atomic E-state index is -0.411. The molecule has 0 aliphatic carbocycles. The maximum absolute atomic E-state index is 11.8. The van der Waals surface area contributed by atoms with Gasteiger partial charge in [-0.25, -0.2) is 5.43 Å². The van der Waals surface area contributed by atoms with Crippen LogP contribution in [0.15, 0.2) is 39.9 Å². The molecule has 0 unspecified atom stereocenters. The molecule has 2 N–H and O–H groups in total. The van der Waals surface area contributed by atoms with Crippen LogP contribution in [0.5, 0.6) is 23.0 Å². The zero-order valence-corrected chi connectivity index (χ0v) is 16.2. The number of hydrogen-bond acceptors (Lipinski definition) is 6. The summed E-state index contributed by atoms with van der Waals surface area (Å²) in [5, 5.41) is 13.7. The number of rotatable bonds is 7. The largest absolute Gasteiger partial charge is 0.502 e. The van der Waals surface area contributed by atoms with Crippen LogP contribution in [0.4, 0.5) is 0 Å². The zero-order chi connectivity index (χ0) is 19.1. The van der Waals surface area contributed by atoms with Crippen molar-refractivity contribution in [2.24, 2.45) is 5.10 Å². The van der Waals surface area contributed by atoms with E-state index in [1.165, 1.54) is 20.4 Å². The van der Waals surface area contributed by atoms with E-state index in [2.05, 4.69) is 26.5 Å². The highest BCUT2D eigenvalue weighted by Gasteiger charge is 2.10. The Morgan fingerprint density at radius 1 is 1.19 bits per heavy atom. The van der Waals surface area contributed by atoms with Crippen LogP contribution in [-0.2, 0) is 4.79 Å². The van der Waals surface area contributed by atoms with E-state index >= 15 is 0 Å². The molecule has 2 aromatic rings. The number of ether oxygens (including phenoxy) is 3. The van der Waals surface area contributed by atoms with E-state index in [0.717, 1.165) is 10.0 Å². The molecule has 0 aromatic heterocycles. The summed E-state index contributed by atoms with van der Waals surface area (Å²) in [7, 11) is 2.86. The number of nitrogens with zero attached hydrogens (tertiary/aromatic N) is 1. The fraction of sp³-hybridized carbons (Fsp3) is 0.222. The molecule has 2 aromatic carbocycles. The van der Waals surface area contributed by atoms with Crippen LogP contribution in [0.1, 0.15) is 11.1 Å². The van der Waals surface area contributed by atoms with Gasteiger partial charge < -0.3 is 19.3 Å². The number of phenolic OH excluding ortho intramolecular Hbond substituents is 1. The molecule has 0 spiro atoms. The molecule has 2 rings (SSSR count). The summed E-state index contributed by atoms with van der Waals surface area (Å²) in [5.41, 5.74) is 4.03. The summed E-state index contributed by atoms with van der Waals surface area (Å²) in [6.45, 7) is 1.78. The van der Waals surface area contributed by atoms with Crippen molar-refractivity contribution in [2.45, 2.75) is 6.92 Å². The quantitative estimate of drug-likeness (QED) is 0.528. The summed E-state index contributed by atoms with van der Waals surface area (Å²) < 4.78 is 16.3. The Balaban J connectivity index is 1.94. The number of aromatic hydroxyl groups is 1. The van der Waals surface area contributed by atoms with Crippen molar-refractivity contribution < 1.29 is 24.1 Å². The molecule has 138 valence electrons. The predicted octanol–water partition coefficient (Wildman–Crippen LogP) is 3.01. The standard InChI is InChI=1S/C18H19BrN2O5/c1-11-4-5-14(13(19)6-11)26-10-17(22)21-20-9-12-7-15(24-2)18(23)16(8-12)25-3/h4-9,23H,10H2,1-3H3,(H,21,22). The lowest BCUT2D eigenvalue weighted by Crippen LogP contribution is -2.24. The van der Waals surface area contributed by atoms with Crippen LogP contribution in [0, 0.1) is 6.92 Å². The number of hydrazone groups is 1. The van der Waals surface area contributed by atoms with Crippen LogP contribution in [0.25, 0.3) is 0 Å². The Bertz CT molecular complexity index is 798. The molecule has 0 saturated carbocycles. The van der Waals surface area contributed by atoms with Gasteiger partial charge in [0, 0.05) is 5.56 Å². The lowest BCUT2D eigenvalue weighted by atomic mass is 10.2. The van der Waals surface area contributed by atoms with E-state index in [-0.39, 0.29) is 23.9 Å². The molecule has 0 bridgehead atoms. The smallest absolute Gasteiger partial charge is 0.277 e. The molecule has 7 nitrogen and oxygen atoms in total. The maximum Gasteiger partial charge on any atom is 0.277 e. The van der Waals surface area contributed by atoms with E-state index in [4.69, 9.17) is 14.2 Å². The van der Waals surface area contributed by atoms with Gasteiger partial charge in [0.05, 0.1) is 24.9 Å². The molecular weight excluding hydrogens is 404 g/mol. The highest BCUT2D eigenvalue weighted by molar-refractivity contribution is 9.10. The Morgan fingerprint density at radius 2 is 1.85 bits per heavy atom. The van der Waals surface area contributed by atoms with Gasteiger partial charge in [0.1, 0.15) is 5.75 Å². The van der Waals surface area contributed by atoms with Gasteiger partial charge in [-0.15, -0.1) is 0 Å². The van der Waals surface area contributed by atoms with Crippen LogP contribution < -0.4 is 19.6 Å². The summed E-state index contributed by atoms with van der Waals surface area (Å²) >= 11 is 3.38. The number of amides is 1. The van der Waals surface area contributed by atoms with Gasteiger partial charge >= 0.3 is 0 Å². The SMILES string of the molecule is COc1cc(C=NNC(=O)COc2ccc(C)cc2Br)cc(OC)c1O. The first-order valence-electron chi connectivity index (χ1n) is 7.60. The molecular formula is C18H19BrN2O5. The summed E-state index contributed by atoms with van der Waals surface area (Å²) in [6.07, 6.45) is 1.41. The van der Waals surface area contributed by atoms with Crippen molar-refractivity contribution in [3.8, 4) is 23.0 Å². The fourth-order valence-electron chi connectivity index (χ4n) is 2.07. The van der Waals surface area contributed by atoms with Crippen molar-refractivity contribution >= 4 is 28.1 Å². The molecule has 0 heterocycles. The number of carbonyl (C=O) groups is 1. The first-order chi connectivity index (χ1) is 12.4. The highest BCUT2D eigenvalue weighted by atomic mass is 79.9. The van der Waals surface area contributed by atoms with Gasteiger partial charge in [0.15, 0.2) is 18.1 Å². The van der Waals surface area contributed by atoms with Crippen LogP contribution in [0.3, 0.4) is 0 Å². The Kier molecular flexibility index (Phi) is 6.85. The number of hydrogen-bond donors (Lipinski definition) is 2. The molecule has 0 radical (unpaired) electrons. The van der Waals surface area contributed by atoms with Crippen LogP contribution >= 0.6 is 15.9 Å². The van der Waals surface area contributed by atoms with Gasteiger partial charge in [-0.2, -0.15) is 5.10 Å². The van der Waals surface area contributed by atoms with Gasteiger partial charge in [0.25, 0.3) is 5.91 Å². The lowest BCUT2D eigenvalue weighted by molar-refractivity contribution is -0.123. The van der Waals surface area contributed by atoms with Crippen molar-refractivity contribution in [2.75, 3.05) is 20.8 Å². The number of halogens is 1. The number of benzene rings is 2. The maximum atomic E-state index is 11.8. The van der Waals surface area contributed by atoms with Crippen molar-refractivity contribution in [3.05, 3.63) is 45.9 Å². The second-order valence-corrected chi connectivity index (χ2v) is 6.14. The van der Waals surface area contributed by atoms with E-state index in [1.54, 1.807) is 18.2 Å². The Hall–Kier alpha value is -2.74. The second-order valence-electron chi connectivity index (χ2n) is 5.29. The number of aryl methyl sites for hydroxylation is 1. The van der Waals surface area contributed by atoms with E-state index in [9.17, 15) is 9.90 Å². The van der Waals surface area contributed by atoms with Gasteiger partial charge in [-0.05, 0) is 52.7 Å². The molecule has 8 heteroatoms. The molecule has 0 aliphatic heterocycles. The van der Waals surface area contributed by atoms with Gasteiger partial charge in [0.2, 0.25) is 5.75 Å². The van der Waals surface area contributed by atoms with Crippen molar-refractivity contribution in [3.63, 3.8) is 0 Å². The zero-order valence-electron chi connectivity index (χ0n) is 14.6. The minimum Gasteiger partial charge on any atom is -0.502 e. The van der Waals surface area contributed by atoms with Crippen LogP contribution in [-0.4, -0.2) is 38.1 Å². The van der Waals surface area contributed by atoms with Gasteiger partial charge in [-0.3, -0.25) is 4.79 Å². The number of nitrogens with one attached hydrogen (secondary N) is 1. The molecule has 0 saturated heterocycles. The summed E-state index contributed by atoms with van der Waals surface area (Å²) in [6, 6.07) is 8.70. The molecule has 26 heavy (non-hydrogen) atoms. The van der Waals surface area contributed by atoms with Gasteiger partial charge in [-0.1, -0.05) is 6.07 Å². The Morgan fingerprint density at radius 3 is 2.42 bits per heavy atom. The number of carbonyl (C=O) groups excluding carboxylic acids is 1. The van der Waals surface area contributed by atoms with E-state index < -0.39 is 5.91 Å². The van der Waals surface area contributed by atoms with E-state index in [0.29, 0.717) is 11.3 Å². The van der Waals surface area contributed by atoms with E-state index in [1.807, 2.05) is 19.1 Å². The average Bonchev–Trinajstić information content (AvgIpc) is 2.62. The number of phenols is 1. The Labute approximate surface area is 159 Å². The van der Waals surface area contributed by atoms with Crippen molar-refractivity contribution in [1.29, 1.82) is 0 Å². The third-order valence-corrected chi connectivity index (χ3v) is 3.97. The monoisotopic (exact) mass is 422 g/mol. The first-order valence-corrected chi connectivity index (χ1v) is 8.39. The molecule has 1 amide bonds. The third-order valence-electron chi connectivity index (χ3n) is 3.35. The second kappa shape index (κ2) is 9.10. The molecule has 0 fully saturated rings. The summed E-state index contributed by atoms with van der Waals surface area (Å²) in [4.78, 5) is 11.8. The summed E-state index contributed by atoms with van der Waals surface area (Å²) in [5.74, 6) is 0.539. The molecule has 0 atom stereocenters. The van der Waals surface area contributed by atoms with Crippen molar-refractivity contribution in [1.82, 2.24) is 5.43 Å². The van der Waals surface area contributed by atoms with Crippen LogP contribution in [0.2, 0.25) is 0 Å². The first kappa shape index (κ1) is 19.6. The lowest BCUT2D eigenvalue weighted by Gasteiger charge is -2.09. The third kappa shape index (κ3) is 5.13. The highest BCUT2D eigenvalue weighted by Crippen LogP contribution is 2.36. The molecule has 0 aliphatic rings. The average molecular weight is 423 g/mol. The number of methoxy groups -OCH3 is 2. The normalized spacial score (nSPS) is 10.6. The topological polar surface area (TPSA) is 89.4 Å². The minimum absolute atomic E-state index is 0.103. The predicted molar refractivity (Wildman–Crippen MR) is 101 cm³/mol. The fourth-order valence-corrected chi connectivity index (χ4v) is 2.67.